The van der Waals surface area contributed by atoms with Gasteiger partial charge in [-0.25, -0.2) is 8.78 Å². The Hall–Kier alpha value is -1.73. The van der Waals surface area contributed by atoms with E-state index in [0.29, 0.717) is 0 Å². The van der Waals surface area contributed by atoms with Gasteiger partial charge in [-0.1, -0.05) is 0 Å². The Morgan fingerprint density at radius 2 is 2.00 bits per heavy atom. The lowest BCUT2D eigenvalue weighted by Crippen LogP contribution is -2.40. The van der Waals surface area contributed by atoms with E-state index in [1.165, 1.54) is 4.90 Å². The van der Waals surface area contributed by atoms with Crippen molar-refractivity contribution in [1.82, 2.24) is 4.90 Å². The molecular weight excluding hydrogens is 306 g/mol. The zero-order valence-corrected chi connectivity index (χ0v) is 12.4. The van der Waals surface area contributed by atoms with E-state index in [1.807, 2.05) is 0 Å². The Balaban J connectivity index is 0.00000400. The molecule has 1 rings (SSSR count). The number of rotatable bonds is 6. The van der Waals surface area contributed by atoms with Crippen LogP contribution in [0.15, 0.2) is 18.2 Å². The number of nitrogens with one attached hydrogen (secondary N) is 1. The largest absolute Gasteiger partial charge is 0.481 e. The first-order valence-corrected chi connectivity index (χ1v) is 5.99. The molecule has 0 radical (unpaired) electrons. The summed E-state index contributed by atoms with van der Waals surface area (Å²) in [5.74, 6) is -2.91. The van der Waals surface area contributed by atoms with Crippen LogP contribution < -0.4 is 5.32 Å². The van der Waals surface area contributed by atoms with Crippen molar-refractivity contribution in [2.45, 2.75) is 19.4 Å². The summed E-state index contributed by atoms with van der Waals surface area (Å²) in [5, 5.41) is 10.8. The number of amides is 1. The lowest BCUT2D eigenvalue weighted by molar-refractivity contribution is -0.137. The Kier molecular flexibility index (Phi) is 7.83. The van der Waals surface area contributed by atoms with Crippen LogP contribution in [0.25, 0.3) is 0 Å². The van der Waals surface area contributed by atoms with Gasteiger partial charge < -0.3 is 10.4 Å². The summed E-state index contributed by atoms with van der Waals surface area (Å²) in [6.07, 6.45) is -0.109. The molecule has 1 unspecified atom stereocenters. The number of carboxylic acids is 1. The third-order valence-electron chi connectivity index (χ3n) is 2.91. The molecule has 1 aromatic rings. The molecule has 0 saturated heterocycles. The minimum Gasteiger partial charge on any atom is -0.481 e. The summed E-state index contributed by atoms with van der Waals surface area (Å²) in [4.78, 5) is 23.8. The lowest BCUT2D eigenvalue weighted by atomic mass is 10.2. The van der Waals surface area contributed by atoms with Gasteiger partial charge in [-0.05, 0) is 26.1 Å². The normalized spacial score (nSPS) is 11.7. The standard InChI is InChI=1S/C13H16F2N2O3.ClH/c1-8(17(2)6-5-12(18)19)13(20)16-11-7-9(14)3-4-10(11)15;/h3-4,7-8H,5-6H2,1-2H3,(H,16,20)(H,18,19);1H. The molecule has 0 aliphatic heterocycles. The van der Waals surface area contributed by atoms with Crippen LogP contribution in [0.4, 0.5) is 14.5 Å². The minimum atomic E-state index is -0.972. The summed E-state index contributed by atoms with van der Waals surface area (Å²) < 4.78 is 26.3. The van der Waals surface area contributed by atoms with Gasteiger partial charge in [0.15, 0.2) is 0 Å². The number of aliphatic carboxylic acids is 1. The van der Waals surface area contributed by atoms with Crippen LogP contribution in [0.5, 0.6) is 0 Å². The fraction of sp³-hybridized carbons (Fsp3) is 0.385. The quantitative estimate of drug-likeness (QED) is 0.841. The number of carbonyl (C=O) groups excluding carboxylic acids is 1. The highest BCUT2D eigenvalue weighted by Crippen LogP contribution is 2.16. The van der Waals surface area contributed by atoms with Gasteiger partial charge in [0.2, 0.25) is 5.91 Å². The molecular formula is C13H17ClF2N2O3. The van der Waals surface area contributed by atoms with Gasteiger partial charge in [-0.3, -0.25) is 14.5 Å². The van der Waals surface area contributed by atoms with Gasteiger partial charge in [-0.15, -0.1) is 12.4 Å². The maximum absolute atomic E-state index is 13.4. The predicted octanol–water partition coefficient (Wildman–Crippen LogP) is 2.12. The molecule has 8 heteroatoms. The number of benzene rings is 1. The van der Waals surface area contributed by atoms with Gasteiger partial charge in [0.25, 0.3) is 0 Å². The third-order valence-corrected chi connectivity index (χ3v) is 2.91. The van der Waals surface area contributed by atoms with Crippen molar-refractivity contribution < 1.29 is 23.5 Å². The molecule has 2 N–H and O–H groups in total. The first-order valence-electron chi connectivity index (χ1n) is 5.99. The maximum atomic E-state index is 13.4. The average molecular weight is 323 g/mol. The zero-order chi connectivity index (χ0) is 15.3. The molecule has 0 saturated carbocycles. The molecule has 0 fully saturated rings. The van der Waals surface area contributed by atoms with E-state index in [4.69, 9.17) is 5.11 Å². The summed E-state index contributed by atoms with van der Waals surface area (Å²) in [7, 11) is 1.58. The van der Waals surface area contributed by atoms with Gasteiger partial charge in [-0.2, -0.15) is 0 Å². The summed E-state index contributed by atoms with van der Waals surface area (Å²) in [5.41, 5.74) is -0.242. The predicted molar refractivity (Wildman–Crippen MR) is 76.6 cm³/mol. The Morgan fingerprint density at radius 1 is 1.38 bits per heavy atom. The van der Waals surface area contributed by atoms with Crippen LogP contribution in [0, 0.1) is 11.6 Å². The van der Waals surface area contributed by atoms with E-state index in [-0.39, 0.29) is 31.1 Å². The second-order valence-corrected chi connectivity index (χ2v) is 4.41. The molecule has 1 aromatic carbocycles. The highest BCUT2D eigenvalue weighted by atomic mass is 35.5. The second kappa shape index (κ2) is 8.53. The van der Waals surface area contributed by atoms with E-state index in [0.717, 1.165) is 18.2 Å². The van der Waals surface area contributed by atoms with E-state index >= 15 is 0 Å². The molecule has 1 amide bonds. The maximum Gasteiger partial charge on any atom is 0.304 e. The van der Waals surface area contributed by atoms with Crippen molar-refractivity contribution in [3.63, 3.8) is 0 Å². The van der Waals surface area contributed by atoms with E-state index in [1.54, 1.807) is 14.0 Å². The topological polar surface area (TPSA) is 69.6 Å². The van der Waals surface area contributed by atoms with Crippen molar-refractivity contribution in [3.05, 3.63) is 29.8 Å². The molecule has 0 aliphatic carbocycles. The number of carboxylic acid groups (broad SMARTS) is 1. The molecule has 0 aliphatic rings. The number of likely N-dealkylation sites (N-methyl/N-ethyl adjacent to an activating group) is 1. The fourth-order valence-electron chi connectivity index (χ4n) is 1.50. The summed E-state index contributed by atoms with van der Waals surface area (Å²) in [6, 6.07) is 2.09. The van der Waals surface area contributed by atoms with E-state index < -0.39 is 29.6 Å². The average Bonchev–Trinajstić information content (AvgIpc) is 2.39. The molecule has 118 valence electrons. The second-order valence-electron chi connectivity index (χ2n) is 4.41. The van der Waals surface area contributed by atoms with Gasteiger partial charge >= 0.3 is 5.97 Å². The van der Waals surface area contributed by atoms with Crippen LogP contribution in [-0.4, -0.2) is 41.5 Å². The number of hydrogen-bond acceptors (Lipinski definition) is 3. The van der Waals surface area contributed by atoms with Gasteiger partial charge in [0.1, 0.15) is 11.6 Å². The van der Waals surface area contributed by atoms with Crippen LogP contribution >= 0.6 is 12.4 Å². The van der Waals surface area contributed by atoms with Gasteiger partial charge in [0, 0.05) is 12.6 Å². The SMILES string of the molecule is CC(C(=O)Nc1cc(F)ccc1F)N(C)CCC(=O)O.Cl. The van der Waals surface area contributed by atoms with E-state index in [2.05, 4.69) is 5.32 Å². The van der Waals surface area contributed by atoms with E-state index in [9.17, 15) is 18.4 Å². The molecule has 0 aromatic heterocycles. The third kappa shape index (κ3) is 6.05. The fourth-order valence-corrected chi connectivity index (χ4v) is 1.50. The zero-order valence-electron chi connectivity index (χ0n) is 11.6. The van der Waals surface area contributed by atoms with Gasteiger partial charge in [0.05, 0.1) is 18.2 Å². The molecule has 21 heavy (non-hydrogen) atoms. The highest BCUT2D eigenvalue weighted by Gasteiger charge is 2.19. The summed E-state index contributed by atoms with van der Waals surface area (Å²) >= 11 is 0. The smallest absolute Gasteiger partial charge is 0.304 e. The lowest BCUT2D eigenvalue weighted by Gasteiger charge is -2.23. The van der Waals surface area contributed by atoms with Crippen molar-refractivity contribution in [1.29, 1.82) is 0 Å². The number of hydrogen-bond donors (Lipinski definition) is 2. The molecule has 0 bridgehead atoms. The van der Waals surface area contributed by atoms with Crippen LogP contribution in [0.1, 0.15) is 13.3 Å². The molecule has 0 heterocycles. The Labute approximate surface area is 127 Å². The molecule has 1 atom stereocenters. The van der Waals surface area contributed by atoms with Crippen molar-refractivity contribution in [3.8, 4) is 0 Å². The Morgan fingerprint density at radius 3 is 2.57 bits per heavy atom. The first-order chi connectivity index (χ1) is 9.31. The Bertz CT molecular complexity index is 514. The van der Waals surface area contributed by atoms with Crippen molar-refractivity contribution in [2.24, 2.45) is 0 Å². The van der Waals surface area contributed by atoms with Crippen molar-refractivity contribution >= 4 is 30.0 Å². The summed E-state index contributed by atoms with van der Waals surface area (Å²) in [6.45, 7) is 1.73. The first kappa shape index (κ1) is 19.3. The van der Waals surface area contributed by atoms with Crippen molar-refractivity contribution in [2.75, 3.05) is 18.9 Å². The highest BCUT2D eigenvalue weighted by molar-refractivity contribution is 5.94. The van der Waals surface area contributed by atoms with Crippen LogP contribution in [-0.2, 0) is 9.59 Å². The number of anilines is 1. The van der Waals surface area contributed by atoms with Crippen LogP contribution in [0.3, 0.4) is 0 Å². The number of halogens is 3. The minimum absolute atomic E-state index is 0. The molecule has 5 nitrogen and oxygen atoms in total. The van der Waals surface area contributed by atoms with Crippen LogP contribution in [0.2, 0.25) is 0 Å². The number of carbonyl (C=O) groups is 2. The molecule has 0 spiro atoms. The monoisotopic (exact) mass is 322 g/mol. The number of nitrogens with zero attached hydrogens (tertiary/aromatic N) is 1.